The highest BCUT2D eigenvalue weighted by atomic mass is 35.5. The first-order valence-electron chi connectivity index (χ1n) is 4.83. The Kier molecular flexibility index (Phi) is 6.72. The molecule has 0 spiro atoms. The van der Waals surface area contributed by atoms with Crippen molar-refractivity contribution in [2.45, 2.75) is 39.0 Å². The molecule has 0 amide bonds. The second kappa shape index (κ2) is 6.97. The predicted octanol–water partition coefficient (Wildman–Crippen LogP) is 3.89. The van der Waals surface area contributed by atoms with Crippen molar-refractivity contribution in [1.82, 2.24) is 0 Å². The minimum atomic E-state index is -0.164. The molecule has 0 fully saturated rings. The highest BCUT2D eigenvalue weighted by molar-refractivity contribution is 6.17. The molecular formula is C11H18ClN. The summed E-state index contributed by atoms with van der Waals surface area (Å²) in [6.07, 6.45) is 6.47. The first kappa shape index (κ1) is 12.5. The van der Waals surface area contributed by atoms with E-state index in [4.69, 9.17) is 16.9 Å². The number of nitriles is 1. The molecule has 1 atom stereocenters. The highest BCUT2D eigenvalue weighted by Gasteiger charge is 2.26. The van der Waals surface area contributed by atoms with Gasteiger partial charge >= 0.3 is 0 Å². The maximum Gasteiger partial charge on any atom is 0.0689 e. The number of alkyl halides is 1. The first-order chi connectivity index (χ1) is 6.24. The van der Waals surface area contributed by atoms with Gasteiger partial charge in [-0.3, -0.25) is 0 Å². The van der Waals surface area contributed by atoms with Crippen molar-refractivity contribution in [3.63, 3.8) is 0 Å². The molecule has 0 saturated carbocycles. The molecule has 13 heavy (non-hydrogen) atoms. The smallest absolute Gasteiger partial charge is 0.0689 e. The van der Waals surface area contributed by atoms with E-state index in [1.165, 1.54) is 0 Å². The summed E-state index contributed by atoms with van der Waals surface area (Å²) in [5.74, 6) is 0.650. The van der Waals surface area contributed by atoms with E-state index in [2.05, 4.69) is 19.6 Å². The Morgan fingerprint density at radius 2 is 2.23 bits per heavy atom. The van der Waals surface area contributed by atoms with Gasteiger partial charge in [0.25, 0.3) is 0 Å². The van der Waals surface area contributed by atoms with Crippen LogP contribution in [0.1, 0.15) is 39.0 Å². The van der Waals surface area contributed by atoms with Crippen molar-refractivity contribution in [1.29, 1.82) is 5.26 Å². The van der Waals surface area contributed by atoms with Gasteiger partial charge in [0, 0.05) is 5.88 Å². The average molecular weight is 200 g/mol. The topological polar surface area (TPSA) is 23.8 Å². The fraction of sp³-hybridized carbons (Fsp3) is 0.727. The van der Waals surface area contributed by atoms with E-state index in [0.717, 1.165) is 32.1 Å². The summed E-state index contributed by atoms with van der Waals surface area (Å²) in [7, 11) is 0. The molecule has 1 unspecified atom stereocenters. The third-order valence-electron chi connectivity index (χ3n) is 2.53. The van der Waals surface area contributed by atoms with E-state index in [1.54, 1.807) is 0 Å². The fourth-order valence-electron chi connectivity index (χ4n) is 1.45. The summed E-state index contributed by atoms with van der Waals surface area (Å²) in [5.41, 5.74) is -0.164. The molecule has 0 aromatic carbocycles. The van der Waals surface area contributed by atoms with Crippen LogP contribution in [0.3, 0.4) is 0 Å². The number of allylic oxidation sites excluding steroid dienone is 1. The lowest BCUT2D eigenvalue weighted by Crippen LogP contribution is -2.17. The van der Waals surface area contributed by atoms with Gasteiger partial charge in [0.15, 0.2) is 0 Å². The molecule has 0 aliphatic heterocycles. The molecule has 0 saturated heterocycles. The van der Waals surface area contributed by atoms with Crippen molar-refractivity contribution in [2.24, 2.45) is 5.41 Å². The Hall–Kier alpha value is -0.480. The third-order valence-corrected chi connectivity index (χ3v) is 2.80. The number of hydrogen-bond acceptors (Lipinski definition) is 1. The molecule has 0 aromatic heterocycles. The average Bonchev–Trinajstić information content (AvgIpc) is 2.20. The van der Waals surface area contributed by atoms with Crippen molar-refractivity contribution in [3.8, 4) is 6.07 Å². The van der Waals surface area contributed by atoms with E-state index in [0.29, 0.717) is 5.88 Å². The zero-order valence-electron chi connectivity index (χ0n) is 8.35. The second-order valence-electron chi connectivity index (χ2n) is 3.37. The zero-order chi connectivity index (χ0) is 10.2. The van der Waals surface area contributed by atoms with Crippen LogP contribution in [0.4, 0.5) is 0 Å². The van der Waals surface area contributed by atoms with Gasteiger partial charge in [-0.2, -0.15) is 5.26 Å². The van der Waals surface area contributed by atoms with Crippen LogP contribution in [0.25, 0.3) is 0 Å². The molecule has 0 aromatic rings. The second-order valence-corrected chi connectivity index (χ2v) is 3.74. The Labute approximate surface area is 86.4 Å². The molecule has 0 aliphatic rings. The monoisotopic (exact) mass is 199 g/mol. The molecule has 2 heteroatoms. The number of hydrogen-bond donors (Lipinski definition) is 0. The molecule has 74 valence electrons. The van der Waals surface area contributed by atoms with Gasteiger partial charge in [0.2, 0.25) is 0 Å². The van der Waals surface area contributed by atoms with Gasteiger partial charge < -0.3 is 0 Å². The molecule has 0 bridgehead atoms. The molecule has 0 aliphatic carbocycles. The maximum absolute atomic E-state index is 9.10. The number of halogens is 1. The quantitative estimate of drug-likeness (QED) is 0.451. The summed E-state index contributed by atoms with van der Waals surface area (Å²) in [6.45, 7) is 5.75. The Balaban J connectivity index is 4.15. The lowest BCUT2D eigenvalue weighted by atomic mass is 9.78. The molecule has 0 radical (unpaired) electrons. The van der Waals surface area contributed by atoms with E-state index in [1.807, 2.05) is 6.08 Å². The van der Waals surface area contributed by atoms with Crippen LogP contribution in [0, 0.1) is 16.7 Å². The van der Waals surface area contributed by atoms with Crippen LogP contribution in [0.15, 0.2) is 12.7 Å². The molecule has 1 nitrogen and oxygen atoms in total. The largest absolute Gasteiger partial charge is 0.198 e. The van der Waals surface area contributed by atoms with E-state index < -0.39 is 0 Å². The SMILES string of the molecule is C=CCCC(C#N)(CC)CCCCl. The Morgan fingerprint density at radius 1 is 1.54 bits per heavy atom. The first-order valence-corrected chi connectivity index (χ1v) is 5.36. The molecule has 0 heterocycles. The predicted molar refractivity (Wildman–Crippen MR) is 57.7 cm³/mol. The van der Waals surface area contributed by atoms with E-state index >= 15 is 0 Å². The molecule has 0 N–H and O–H groups in total. The van der Waals surface area contributed by atoms with Gasteiger partial charge in [-0.1, -0.05) is 13.0 Å². The summed E-state index contributed by atoms with van der Waals surface area (Å²) in [6, 6.07) is 2.43. The van der Waals surface area contributed by atoms with Crippen LogP contribution in [-0.4, -0.2) is 5.88 Å². The fourth-order valence-corrected chi connectivity index (χ4v) is 1.59. The van der Waals surface area contributed by atoms with Gasteiger partial charge in [0.05, 0.1) is 11.5 Å². The van der Waals surface area contributed by atoms with Gasteiger partial charge in [0.1, 0.15) is 0 Å². The minimum absolute atomic E-state index is 0.164. The van der Waals surface area contributed by atoms with Crippen molar-refractivity contribution >= 4 is 11.6 Å². The zero-order valence-corrected chi connectivity index (χ0v) is 9.11. The van der Waals surface area contributed by atoms with Crippen molar-refractivity contribution in [3.05, 3.63) is 12.7 Å². The molecule has 0 rings (SSSR count). The molecular weight excluding hydrogens is 182 g/mol. The van der Waals surface area contributed by atoms with Gasteiger partial charge in [-0.15, -0.1) is 18.2 Å². The lowest BCUT2D eigenvalue weighted by molar-refractivity contribution is 0.322. The van der Waals surface area contributed by atoms with Crippen LogP contribution in [-0.2, 0) is 0 Å². The standard InChI is InChI=1S/C11H18ClN/c1-3-5-7-11(4-2,10-13)8-6-9-12/h3H,1,4-9H2,2H3. The number of rotatable bonds is 7. The maximum atomic E-state index is 9.10. The van der Waals surface area contributed by atoms with Gasteiger partial charge in [-0.05, 0) is 32.1 Å². The Bertz CT molecular complexity index is 183. The summed E-state index contributed by atoms with van der Waals surface area (Å²) in [4.78, 5) is 0. The lowest BCUT2D eigenvalue weighted by Gasteiger charge is -2.23. The normalized spacial score (nSPS) is 14.5. The third kappa shape index (κ3) is 4.33. The van der Waals surface area contributed by atoms with Crippen LogP contribution < -0.4 is 0 Å². The summed E-state index contributed by atoms with van der Waals surface area (Å²) >= 11 is 5.63. The van der Waals surface area contributed by atoms with Crippen LogP contribution in [0.2, 0.25) is 0 Å². The van der Waals surface area contributed by atoms with Crippen molar-refractivity contribution < 1.29 is 0 Å². The highest BCUT2D eigenvalue weighted by Crippen LogP contribution is 2.32. The number of nitrogens with zero attached hydrogens (tertiary/aromatic N) is 1. The van der Waals surface area contributed by atoms with Gasteiger partial charge in [-0.25, -0.2) is 0 Å². The van der Waals surface area contributed by atoms with Crippen LogP contribution >= 0.6 is 11.6 Å². The van der Waals surface area contributed by atoms with Crippen molar-refractivity contribution in [2.75, 3.05) is 5.88 Å². The summed E-state index contributed by atoms with van der Waals surface area (Å²) < 4.78 is 0. The minimum Gasteiger partial charge on any atom is -0.198 e. The van der Waals surface area contributed by atoms with E-state index in [9.17, 15) is 0 Å². The summed E-state index contributed by atoms with van der Waals surface area (Å²) in [5, 5.41) is 9.10. The van der Waals surface area contributed by atoms with Crippen LogP contribution in [0.5, 0.6) is 0 Å². The Morgan fingerprint density at radius 3 is 2.62 bits per heavy atom. The van der Waals surface area contributed by atoms with E-state index in [-0.39, 0.29) is 5.41 Å².